The van der Waals surface area contributed by atoms with Gasteiger partial charge in [0, 0.05) is 34.8 Å². The number of nitrogens with zero attached hydrogens (tertiary/aromatic N) is 1. The summed E-state index contributed by atoms with van der Waals surface area (Å²) in [5.74, 6) is -0.292. The first kappa shape index (κ1) is 15.2. The van der Waals surface area contributed by atoms with Crippen LogP contribution in [-0.2, 0) is 15.1 Å². The molecule has 2 rings (SSSR count). The quantitative estimate of drug-likeness (QED) is 0.790. The van der Waals surface area contributed by atoms with Gasteiger partial charge in [-0.25, -0.2) is 4.79 Å². The van der Waals surface area contributed by atoms with Gasteiger partial charge in [-0.05, 0) is 26.0 Å². The summed E-state index contributed by atoms with van der Waals surface area (Å²) in [5.41, 5.74) is 0.837. The summed E-state index contributed by atoms with van der Waals surface area (Å²) >= 11 is 12.3. The Balaban J connectivity index is 2.56. The van der Waals surface area contributed by atoms with Crippen LogP contribution in [0.25, 0.3) is 0 Å². The molecule has 108 valence electrons. The van der Waals surface area contributed by atoms with Gasteiger partial charge >= 0.3 is 5.97 Å². The van der Waals surface area contributed by atoms with E-state index in [1.165, 1.54) is 0 Å². The Morgan fingerprint density at radius 1 is 1.45 bits per heavy atom. The number of esters is 1. The monoisotopic (exact) mass is 313 g/mol. The highest BCUT2D eigenvalue weighted by molar-refractivity contribution is 6.35. The predicted molar refractivity (Wildman–Crippen MR) is 80.9 cm³/mol. The van der Waals surface area contributed by atoms with Crippen LogP contribution < -0.4 is 0 Å². The number of halogens is 2. The maximum Gasteiger partial charge on any atom is 0.337 e. The molecule has 0 N–H and O–H groups in total. The van der Waals surface area contributed by atoms with E-state index in [9.17, 15) is 4.79 Å². The Morgan fingerprint density at radius 2 is 2.15 bits per heavy atom. The van der Waals surface area contributed by atoms with E-state index in [4.69, 9.17) is 27.9 Å². The number of allylic oxidation sites excluding steroid dienone is 1. The Bertz CT molecular complexity index is 571. The lowest BCUT2D eigenvalue weighted by molar-refractivity contribution is -0.155. The third kappa shape index (κ3) is 2.29. The molecule has 0 aliphatic carbocycles. The number of carbonyl (C=O) groups is 1. The summed E-state index contributed by atoms with van der Waals surface area (Å²) < 4.78 is 5.28. The second-order valence-electron chi connectivity index (χ2n) is 4.81. The fourth-order valence-electron chi connectivity index (χ4n) is 2.57. The molecule has 0 aromatic heterocycles. The van der Waals surface area contributed by atoms with Crippen molar-refractivity contribution in [3.63, 3.8) is 0 Å². The highest BCUT2D eigenvalue weighted by atomic mass is 35.5. The van der Waals surface area contributed by atoms with Crippen molar-refractivity contribution in [2.24, 2.45) is 0 Å². The van der Waals surface area contributed by atoms with E-state index < -0.39 is 5.54 Å². The molecule has 0 amide bonds. The van der Waals surface area contributed by atoms with E-state index >= 15 is 0 Å². The minimum absolute atomic E-state index is 0.292. The molecule has 3 nitrogen and oxygen atoms in total. The van der Waals surface area contributed by atoms with Crippen LogP contribution in [0.5, 0.6) is 0 Å². The second-order valence-corrected chi connectivity index (χ2v) is 5.66. The van der Waals surface area contributed by atoms with Crippen LogP contribution in [0.1, 0.15) is 25.8 Å². The van der Waals surface area contributed by atoms with Crippen molar-refractivity contribution in [3.05, 3.63) is 45.6 Å². The average Bonchev–Trinajstić information content (AvgIpc) is 2.68. The molecule has 0 bridgehead atoms. The third-order valence-electron chi connectivity index (χ3n) is 3.78. The normalized spacial score (nSPS) is 21.9. The van der Waals surface area contributed by atoms with Crippen LogP contribution in [0.2, 0.25) is 10.0 Å². The molecule has 1 atom stereocenters. The first-order chi connectivity index (χ1) is 9.43. The molecule has 0 fully saturated rings. The van der Waals surface area contributed by atoms with Crippen molar-refractivity contribution in [1.82, 2.24) is 4.90 Å². The van der Waals surface area contributed by atoms with Gasteiger partial charge in [0.15, 0.2) is 5.54 Å². The van der Waals surface area contributed by atoms with Gasteiger partial charge in [0.2, 0.25) is 0 Å². The van der Waals surface area contributed by atoms with Crippen LogP contribution >= 0.6 is 23.2 Å². The molecule has 1 aliphatic rings. The van der Waals surface area contributed by atoms with Crippen molar-refractivity contribution in [1.29, 1.82) is 0 Å². The fraction of sp³-hybridized carbons (Fsp3) is 0.400. The summed E-state index contributed by atoms with van der Waals surface area (Å²) in [5, 5.41) is 1.02. The highest BCUT2D eigenvalue weighted by Crippen LogP contribution is 2.43. The third-order valence-corrected chi connectivity index (χ3v) is 4.33. The summed E-state index contributed by atoms with van der Waals surface area (Å²) in [6, 6.07) is 5.19. The molecular weight excluding hydrogens is 297 g/mol. The molecule has 1 unspecified atom stereocenters. The molecule has 5 heteroatoms. The van der Waals surface area contributed by atoms with Crippen molar-refractivity contribution >= 4 is 29.2 Å². The summed E-state index contributed by atoms with van der Waals surface area (Å²) in [4.78, 5) is 14.5. The van der Waals surface area contributed by atoms with E-state index in [0.29, 0.717) is 23.1 Å². The molecule has 0 spiro atoms. The Kier molecular flexibility index (Phi) is 4.31. The first-order valence-corrected chi connectivity index (χ1v) is 7.22. The Labute approximate surface area is 129 Å². The summed E-state index contributed by atoms with van der Waals surface area (Å²) in [7, 11) is 1.88. The maximum atomic E-state index is 12.6. The van der Waals surface area contributed by atoms with Gasteiger partial charge in [0.25, 0.3) is 0 Å². The van der Waals surface area contributed by atoms with Crippen molar-refractivity contribution in [2.45, 2.75) is 25.8 Å². The van der Waals surface area contributed by atoms with Gasteiger partial charge < -0.3 is 9.64 Å². The molecule has 1 aliphatic heterocycles. The number of benzene rings is 1. The topological polar surface area (TPSA) is 29.5 Å². The van der Waals surface area contributed by atoms with E-state index in [-0.39, 0.29) is 5.97 Å². The molecule has 0 radical (unpaired) electrons. The number of hydrogen-bond acceptors (Lipinski definition) is 3. The summed E-state index contributed by atoms with van der Waals surface area (Å²) in [6.07, 6.45) is 2.55. The standard InChI is InChI=1S/C15H17Cl2NO2/c1-4-20-14(19)15(8-7-10(2)18(15)3)12-6-5-11(16)9-13(12)17/h5-7,9H,4,8H2,1-3H3. The molecular formula is C15H17Cl2NO2. The number of likely N-dealkylation sites (N-methyl/N-ethyl adjacent to an activating group) is 1. The molecule has 1 aromatic rings. The number of ether oxygens (including phenoxy) is 1. The van der Waals surface area contributed by atoms with E-state index in [1.54, 1.807) is 25.1 Å². The van der Waals surface area contributed by atoms with Gasteiger partial charge in [-0.3, -0.25) is 0 Å². The highest BCUT2D eigenvalue weighted by Gasteiger charge is 2.49. The van der Waals surface area contributed by atoms with Gasteiger partial charge in [-0.2, -0.15) is 0 Å². The van der Waals surface area contributed by atoms with Crippen LogP contribution in [0.4, 0.5) is 0 Å². The van der Waals surface area contributed by atoms with Gasteiger partial charge in [0.1, 0.15) is 0 Å². The largest absolute Gasteiger partial charge is 0.464 e. The van der Waals surface area contributed by atoms with Crippen LogP contribution in [0.15, 0.2) is 30.0 Å². The predicted octanol–water partition coefficient (Wildman–Crippen LogP) is 3.99. The zero-order chi connectivity index (χ0) is 14.9. The molecule has 0 saturated carbocycles. The lowest BCUT2D eigenvalue weighted by Crippen LogP contribution is -2.47. The molecule has 0 saturated heterocycles. The minimum Gasteiger partial charge on any atom is -0.464 e. The van der Waals surface area contributed by atoms with Gasteiger partial charge in [-0.1, -0.05) is 35.3 Å². The van der Waals surface area contributed by atoms with Crippen LogP contribution in [-0.4, -0.2) is 24.5 Å². The van der Waals surface area contributed by atoms with Crippen molar-refractivity contribution < 1.29 is 9.53 Å². The fourth-order valence-corrected chi connectivity index (χ4v) is 3.13. The average molecular weight is 314 g/mol. The first-order valence-electron chi connectivity index (χ1n) is 6.46. The van der Waals surface area contributed by atoms with Gasteiger partial charge in [0.05, 0.1) is 6.61 Å². The maximum absolute atomic E-state index is 12.6. The zero-order valence-electron chi connectivity index (χ0n) is 11.7. The van der Waals surface area contributed by atoms with Gasteiger partial charge in [-0.15, -0.1) is 0 Å². The molecule has 1 heterocycles. The number of carbonyl (C=O) groups excluding carboxylic acids is 1. The zero-order valence-corrected chi connectivity index (χ0v) is 13.3. The smallest absolute Gasteiger partial charge is 0.337 e. The van der Waals surface area contributed by atoms with Crippen LogP contribution in [0.3, 0.4) is 0 Å². The number of hydrogen-bond donors (Lipinski definition) is 0. The lowest BCUT2D eigenvalue weighted by atomic mass is 9.87. The Hall–Kier alpha value is -1.19. The second kappa shape index (κ2) is 5.66. The minimum atomic E-state index is -0.901. The SMILES string of the molecule is CCOC(=O)C1(c2ccc(Cl)cc2Cl)CC=C(C)N1C. The molecule has 1 aromatic carbocycles. The molecule has 20 heavy (non-hydrogen) atoms. The van der Waals surface area contributed by atoms with E-state index in [2.05, 4.69) is 0 Å². The number of rotatable bonds is 3. The van der Waals surface area contributed by atoms with E-state index in [1.807, 2.05) is 24.9 Å². The van der Waals surface area contributed by atoms with Crippen molar-refractivity contribution in [2.75, 3.05) is 13.7 Å². The van der Waals surface area contributed by atoms with Crippen molar-refractivity contribution in [3.8, 4) is 0 Å². The van der Waals surface area contributed by atoms with E-state index in [0.717, 1.165) is 11.3 Å². The lowest BCUT2D eigenvalue weighted by Gasteiger charge is -2.37. The summed E-state index contributed by atoms with van der Waals surface area (Å²) in [6.45, 7) is 4.09. The van der Waals surface area contributed by atoms with Crippen LogP contribution in [0, 0.1) is 0 Å². The Morgan fingerprint density at radius 3 is 2.65 bits per heavy atom.